The molecule has 0 saturated heterocycles. The van der Waals surface area contributed by atoms with E-state index >= 15 is 0 Å². The van der Waals surface area contributed by atoms with Gasteiger partial charge in [0.2, 0.25) is 0 Å². The third-order valence-corrected chi connectivity index (χ3v) is 10.6. The maximum atomic E-state index is 6.56. The molecule has 0 spiro atoms. The Morgan fingerprint density at radius 3 is 1.23 bits per heavy atom. The fraction of sp³-hybridized carbons (Fsp3) is 0. The van der Waals surface area contributed by atoms with Crippen LogP contribution in [-0.4, -0.2) is 19.1 Å². The zero-order chi connectivity index (χ0) is 33.9. The van der Waals surface area contributed by atoms with E-state index in [2.05, 4.69) is 143 Å². The molecule has 6 aromatic heterocycles. The van der Waals surface area contributed by atoms with E-state index < -0.39 is 0 Å². The first-order valence-electron chi connectivity index (χ1n) is 17.4. The topological polar surface area (TPSA) is 61.9 Å². The number of furan rings is 2. The van der Waals surface area contributed by atoms with Crippen molar-refractivity contribution in [1.29, 1.82) is 0 Å². The van der Waals surface area contributed by atoms with E-state index in [0.29, 0.717) is 0 Å². The number of hydrogen-bond acceptors (Lipinski definition) is 4. The predicted molar refractivity (Wildman–Crippen MR) is 211 cm³/mol. The van der Waals surface area contributed by atoms with Gasteiger partial charge in [0.15, 0.2) is 0 Å². The third kappa shape index (κ3) is 3.78. The van der Waals surface area contributed by atoms with Crippen molar-refractivity contribution >= 4 is 87.7 Å². The summed E-state index contributed by atoms with van der Waals surface area (Å²) in [5, 5.41) is 6.63. The Balaban J connectivity index is 0.951. The minimum atomic E-state index is 0.849. The van der Waals surface area contributed by atoms with Gasteiger partial charge in [-0.25, -0.2) is 0 Å². The number of rotatable bonds is 3. The van der Waals surface area contributed by atoms with Crippen LogP contribution in [0.1, 0.15) is 0 Å². The number of aromatic nitrogens is 4. The van der Waals surface area contributed by atoms with Crippen LogP contribution >= 0.6 is 0 Å². The number of hydrogen-bond donors (Lipinski definition) is 0. The van der Waals surface area contributed by atoms with Gasteiger partial charge in [-0.1, -0.05) is 48.5 Å². The molecule has 0 radical (unpaired) electrons. The molecule has 0 aliphatic heterocycles. The summed E-state index contributed by atoms with van der Waals surface area (Å²) in [7, 11) is 0. The molecule has 6 heterocycles. The zero-order valence-electron chi connectivity index (χ0n) is 27.6. The Morgan fingerprint density at radius 1 is 0.346 bits per heavy atom. The highest BCUT2D eigenvalue weighted by Crippen LogP contribution is 2.39. The average molecular weight is 667 g/mol. The second-order valence-corrected chi connectivity index (χ2v) is 13.4. The van der Waals surface area contributed by atoms with Crippen LogP contribution in [0.25, 0.3) is 110 Å². The molecule has 0 aliphatic carbocycles. The molecule has 0 aliphatic rings. The van der Waals surface area contributed by atoms with Crippen molar-refractivity contribution in [2.45, 2.75) is 0 Å². The van der Waals surface area contributed by atoms with E-state index in [4.69, 9.17) is 18.8 Å². The summed E-state index contributed by atoms with van der Waals surface area (Å²) in [5.74, 6) is 0. The summed E-state index contributed by atoms with van der Waals surface area (Å²) >= 11 is 0. The van der Waals surface area contributed by atoms with E-state index in [1.165, 1.54) is 0 Å². The monoisotopic (exact) mass is 666 g/mol. The SMILES string of the molecule is c1ccc2c(c1)c1ncccc1n2-c1ccc2c(c1)oc1cc(-c3ccc4c(c3)oc3cc(-n5c6ccccc6c6ncccc65)ccc34)ccc12. The fourth-order valence-corrected chi connectivity index (χ4v) is 8.29. The largest absolute Gasteiger partial charge is 0.456 e. The molecular formula is C46H26N4O2. The first-order chi connectivity index (χ1) is 25.8. The van der Waals surface area contributed by atoms with Crippen molar-refractivity contribution in [3.8, 4) is 22.5 Å². The van der Waals surface area contributed by atoms with Crippen LogP contribution in [-0.2, 0) is 0 Å². The number of nitrogens with zero attached hydrogens (tertiary/aromatic N) is 4. The Hall–Kier alpha value is -7.18. The molecule has 0 N–H and O–H groups in total. The Morgan fingerprint density at radius 2 is 0.750 bits per heavy atom. The van der Waals surface area contributed by atoms with Gasteiger partial charge in [-0.15, -0.1) is 0 Å². The second kappa shape index (κ2) is 10.2. The van der Waals surface area contributed by atoms with Crippen LogP contribution in [0, 0.1) is 0 Å². The highest BCUT2D eigenvalue weighted by atomic mass is 16.3. The summed E-state index contributed by atoms with van der Waals surface area (Å²) in [5.41, 5.74) is 14.0. The first kappa shape index (κ1) is 27.6. The van der Waals surface area contributed by atoms with E-state index in [0.717, 1.165) is 110 Å². The maximum Gasteiger partial charge on any atom is 0.137 e. The lowest BCUT2D eigenvalue weighted by Gasteiger charge is -2.07. The average Bonchev–Trinajstić information content (AvgIpc) is 3.94. The van der Waals surface area contributed by atoms with Crippen molar-refractivity contribution in [2.24, 2.45) is 0 Å². The van der Waals surface area contributed by atoms with Crippen molar-refractivity contribution in [1.82, 2.24) is 19.1 Å². The normalized spacial score (nSPS) is 12.2. The molecule has 52 heavy (non-hydrogen) atoms. The molecular weight excluding hydrogens is 641 g/mol. The highest BCUT2D eigenvalue weighted by Gasteiger charge is 2.17. The third-order valence-electron chi connectivity index (χ3n) is 10.6. The lowest BCUT2D eigenvalue weighted by atomic mass is 10.0. The fourth-order valence-electron chi connectivity index (χ4n) is 8.29. The molecule has 6 heteroatoms. The molecule has 6 nitrogen and oxygen atoms in total. The van der Waals surface area contributed by atoms with Crippen molar-refractivity contribution in [3.63, 3.8) is 0 Å². The van der Waals surface area contributed by atoms with Crippen molar-refractivity contribution < 1.29 is 8.83 Å². The lowest BCUT2D eigenvalue weighted by molar-refractivity contribution is 0.668. The summed E-state index contributed by atoms with van der Waals surface area (Å²) in [6, 6.07) is 50.9. The Bertz CT molecular complexity index is 3100. The van der Waals surface area contributed by atoms with Gasteiger partial charge in [0, 0.05) is 68.2 Å². The van der Waals surface area contributed by atoms with Gasteiger partial charge >= 0.3 is 0 Å². The predicted octanol–water partition coefficient (Wildman–Crippen LogP) is 12.1. The Kier molecular flexibility index (Phi) is 5.41. The van der Waals surface area contributed by atoms with E-state index in [9.17, 15) is 0 Å². The molecule has 0 bridgehead atoms. The number of benzene rings is 6. The lowest BCUT2D eigenvalue weighted by Crippen LogP contribution is -1.93. The van der Waals surface area contributed by atoms with E-state index in [1.54, 1.807) is 0 Å². The molecule has 6 aromatic carbocycles. The smallest absolute Gasteiger partial charge is 0.137 e. The summed E-state index contributed by atoms with van der Waals surface area (Å²) < 4.78 is 17.7. The van der Waals surface area contributed by atoms with E-state index in [-0.39, 0.29) is 0 Å². The van der Waals surface area contributed by atoms with Gasteiger partial charge in [0.05, 0.1) is 33.1 Å². The minimum Gasteiger partial charge on any atom is -0.456 e. The molecule has 12 rings (SSSR count). The van der Waals surface area contributed by atoms with Crippen LogP contribution < -0.4 is 0 Å². The van der Waals surface area contributed by atoms with Gasteiger partial charge in [-0.3, -0.25) is 9.97 Å². The minimum absolute atomic E-state index is 0.849. The molecule has 12 aromatic rings. The van der Waals surface area contributed by atoms with Gasteiger partial charge in [-0.2, -0.15) is 0 Å². The standard InChI is InChI=1S/C46H26N4O2/c1-3-9-37-35(7-1)45-39(11-5-21-47-45)49(37)29-15-19-33-31-17-13-27(23-41(31)51-43(33)25-29)28-14-18-32-34-20-16-30(26-44(34)52-42(32)24-28)50-38-10-4-2-8-36(38)46-40(50)12-6-22-48-46/h1-26H. The highest BCUT2D eigenvalue weighted by molar-refractivity contribution is 6.11. The van der Waals surface area contributed by atoms with Gasteiger partial charge in [-0.05, 0) is 96.1 Å². The molecule has 0 atom stereocenters. The van der Waals surface area contributed by atoms with E-state index in [1.807, 2.05) is 24.5 Å². The molecule has 0 unspecified atom stereocenters. The van der Waals surface area contributed by atoms with Crippen LogP contribution in [0.5, 0.6) is 0 Å². The van der Waals surface area contributed by atoms with Crippen molar-refractivity contribution in [3.05, 3.63) is 158 Å². The zero-order valence-corrected chi connectivity index (χ0v) is 27.6. The molecule has 0 amide bonds. The molecule has 0 saturated carbocycles. The van der Waals surface area contributed by atoms with Crippen LogP contribution in [0.15, 0.2) is 167 Å². The maximum absolute atomic E-state index is 6.56. The summed E-state index contributed by atoms with van der Waals surface area (Å²) in [6.07, 6.45) is 3.71. The van der Waals surface area contributed by atoms with Gasteiger partial charge < -0.3 is 18.0 Å². The quantitative estimate of drug-likeness (QED) is 0.188. The van der Waals surface area contributed by atoms with Crippen molar-refractivity contribution in [2.75, 3.05) is 0 Å². The second-order valence-electron chi connectivity index (χ2n) is 13.4. The van der Waals surface area contributed by atoms with Gasteiger partial charge in [0.25, 0.3) is 0 Å². The Labute approximate surface area is 295 Å². The molecule has 242 valence electrons. The van der Waals surface area contributed by atoms with Crippen LogP contribution in [0.3, 0.4) is 0 Å². The number of fused-ring (bicyclic) bond motifs is 12. The first-order valence-corrected chi connectivity index (χ1v) is 17.4. The van der Waals surface area contributed by atoms with Crippen LogP contribution in [0.4, 0.5) is 0 Å². The number of para-hydroxylation sites is 2. The summed E-state index contributed by atoms with van der Waals surface area (Å²) in [6.45, 7) is 0. The van der Waals surface area contributed by atoms with Crippen LogP contribution in [0.2, 0.25) is 0 Å². The van der Waals surface area contributed by atoms with Gasteiger partial charge in [0.1, 0.15) is 22.3 Å². The number of pyridine rings is 2. The summed E-state index contributed by atoms with van der Waals surface area (Å²) in [4.78, 5) is 9.40. The molecule has 0 fully saturated rings.